The molecule has 1 aromatic carbocycles. The van der Waals surface area contributed by atoms with E-state index in [4.69, 9.17) is 9.47 Å². The lowest BCUT2D eigenvalue weighted by molar-refractivity contribution is -0.137. The van der Waals surface area contributed by atoms with Crippen LogP contribution in [0.5, 0.6) is 11.5 Å². The van der Waals surface area contributed by atoms with Gasteiger partial charge in [0.15, 0.2) is 0 Å². The smallest absolute Gasteiger partial charge is 0.229 e. The Kier molecular flexibility index (Phi) is 4.65. The molecule has 0 N–H and O–H groups in total. The van der Waals surface area contributed by atoms with Crippen LogP contribution in [-0.2, 0) is 11.2 Å². The highest BCUT2D eigenvalue weighted by Gasteiger charge is 2.31. The van der Waals surface area contributed by atoms with Crippen molar-refractivity contribution < 1.29 is 14.3 Å². The van der Waals surface area contributed by atoms with Crippen LogP contribution in [0.2, 0.25) is 0 Å². The van der Waals surface area contributed by atoms with Gasteiger partial charge < -0.3 is 19.3 Å². The molecule has 0 radical (unpaired) electrons. The van der Waals surface area contributed by atoms with E-state index in [1.807, 2.05) is 35.2 Å². The summed E-state index contributed by atoms with van der Waals surface area (Å²) >= 11 is 0. The Morgan fingerprint density at radius 1 is 1.15 bits per heavy atom. The predicted molar refractivity (Wildman–Crippen MR) is 98.7 cm³/mol. The number of pyridine rings is 1. The minimum Gasteiger partial charge on any atom is -0.497 e. The lowest BCUT2D eigenvalue weighted by Gasteiger charge is -2.38. The molecule has 26 heavy (non-hydrogen) atoms. The zero-order chi connectivity index (χ0) is 17.9. The molecule has 2 aromatic rings. The number of carbonyl (C=O) groups is 1. The summed E-state index contributed by atoms with van der Waals surface area (Å²) in [5.74, 6) is 1.70. The molecule has 1 aromatic heterocycles. The number of aromatic nitrogens is 1. The van der Waals surface area contributed by atoms with E-state index in [-0.39, 0.29) is 11.8 Å². The summed E-state index contributed by atoms with van der Waals surface area (Å²) in [5, 5.41) is 0. The number of amides is 1. The number of nitrogens with zero attached hydrogens (tertiary/aromatic N) is 3. The van der Waals surface area contributed by atoms with E-state index in [0.717, 1.165) is 55.3 Å². The van der Waals surface area contributed by atoms with Gasteiger partial charge >= 0.3 is 0 Å². The van der Waals surface area contributed by atoms with Crippen LogP contribution in [0, 0.1) is 5.92 Å². The summed E-state index contributed by atoms with van der Waals surface area (Å²) in [6, 6.07) is 9.83. The third-order valence-corrected chi connectivity index (χ3v) is 5.15. The minimum absolute atomic E-state index is 0.108. The van der Waals surface area contributed by atoms with Crippen molar-refractivity contribution >= 4 is 11.6 Å². The number of carbonyl (C=O) groups excluding carboxylic acids is 1. The maximum absolute atomic E-state index is 12.9. The van der Waals surface area contributed by atoms with E-state index < -0.39 is 0 Å². The Bertz CT molecular complexity index is 773. The largest absolute Gasteiger partial charge is 0.497 e. The van der Waals surface area contributed by atoms with Gasteiger partial charge in [-0.05, 0) is 30.2 Å². The first-order valence-electron chi connectivity index (χ1n) is 8.98. The maximum atomic E-state index is 12.9. The Morgan fingerprint density at radius 3 is 2.65 bits per heavy atom. The lowest BCUT2D eigenvalue weighted by Crippen LogP contribution is -2.51. The van der Waals surface area contributed by atoms with Crippen LogP contribution in [0.4, 0.5) is 5.69 Å². The van der Waals surface area contributed by atoms with E-state index in [2.05, 4.69) is 9.88 Å². The zero-order valence-electron chi connectivity index (χ0n) is 14.9. The van der Waals surface area contributed by atoms with Crippen LogP contribution in [0.3, 0.4) is 0 Å². The fraction of sp³-hybridized carbons (Fsp3) is 0.400. The van der Waals surface area contributed by atoms with Gasteiger partial charge in [-0.2, -0.15) is 0 Å². The number of hydrogen-bond donors (Lipinski definition) is 0. The lowest BCUT2D eigenvalue weighted by atomic mass is 9.95. The molecule has 6 nitrogen and oxygen atoms in total. The van der Waals surface area contributed by atoms with Crippen molar-refractivity contribution in [2.24, 2.45) is 5.92 Å². The first-order valence-corrected chi connectivity index (χ1v) is 8.98. The summed E-state index contributed by atoms with van der Waals surface area (Å²) in [6.07, 6.45) is 4.33. The molecule has 0 spiro atoms. The highest BCUT2D eigenvalue weighted by molar-refractivity contribution is 5.80. The summed E-state index contributed by atoms with van der Waals surface area (Å²) in [6.45, 7) is 3.61. The van der Waals surface area contributed by atoms with Crippen LogP contribution < -0.4 is 14.4 Å². The molecule has 0 unspecified atom stereocenters. The van der Waals surface area contributed by atoms with Crippen molar-refractivity contribution in [1.29, 1.82) is 0 Å². The molecule has 3 heterocycles. The van der Waals surface area contributed by atoms with E-state index in [1.54, 1.807) is 19.5 Å². The summed E-state index contributed by atoms with van der Waals surface area (Å²) < 4.78 is 11.1. The number of benzene rings is 1. The number of hydrogen-bond acceptors (Lipinski definition) is 5. The van der Waals surface area contributed by atoms with Crippen molar-refractivity contribution in [2.75, 3.05) is 44.8 Å². The molecule has 4 rings (SSSR count). The molecule has 1 amide bonds. The van der Waals surface area contributed by atoms with Crippen LogP contribution in [0.1, 0.15) is 5.56 Å². The number of methoxy groups -OCH3 is 1. The second-order valence-corrected chi connectivity index (χ2v) is 6.70. The number of anilines is 1. The van der Waals surface area contributed by atoms with Gasteiger partial charge in [0, 0.05) is 50.3 Å². The van der Waals surface area contributed by atoms with Gasteiger partial charge in [-0.25, -0.2) is 0 Å². The van der Waals surface area contributed by atoms with E-state index in [9.17, 15) is 4.79 Å². The predicted octanol–water partition coefficient (Wildman–Crippen LogP) is 1.99. The second-order valence-electron chi connectivity index (χ2n) is 6.70. The fourth-order valence-electron chi connectivity index (χ4n) is 3.64. The van der Waals surface area contributed by atoms with Crippen molar-refractivity contribution in [3.05, 3.63) is 48.3 Å². The summed E-state index contributed by atoms with van der Waals surface area (Å²) in [5.41, 5.74) is 2.24. The molecule has 136 valence electrons. The van der Waals surface area contributed by atoms with Gasteiger partial charge in [0.05, 0.1) is 13.0 Å². The van der Waals surface area contributed by atoms with E-state index in [0.29, 0.717) is 6.61 Å². The molecular weight excluding hydrogens is 330 g/mol. The maximum Gasteiger partial charge on any atom is 0.229 e. The van der Waals surface area contributed by atoms with E-state index in [1.165, 1.54) is 0 Å². The first-order chi connectivity index (χ1) is 12.7. The second kappa shape index (κ2) is 7.23. The Balaban J connectivity index is 1.37. The molecule has 6 heteroatoms. The third-order valence-electron chi connectivity index (χ3n) is 5.15. The molecule has 1 fully saturated rings. The van der Waals surface area contributed by atoms with Gasteiger partial charge in [0.25, 0.3) is 0 Å². The highest BCUT2D eigenvalue weighted by Crippen LogP contribution is 2.31. The SMILES string of the molecule is COc1ccc2c(c1)OC[C@@H](C(=O)N1CCN(c3ccncc3)CC1)C2. The number of fused-ring (bicyclic) bond motifs is 1. The molecule has 0 bridgehead atoms. The van der Waals surface area contributed by atoms with Gasteiger partial charge in [-0.1, -0.05) is 6.07 Å². The van der Waals surface area contributed by atoms with Crippen molar-refractivity contribution in [3.63, 3.8) is 0 Å². The molecule has 2 aliphatic heterocycles. The van der Waals surface area contributed by atoms with Gasteiger partial charge in [0.1, 0.15) is 18.1 Å². The fourth-order valence-corrected chi connectivity index (χ4v) is 3.64. The average Bonchev–Trinajstić information content (AvgIpc) is 2.73. The molecule has 0 saturated carbocycles. The van der Waals surface area contributed by atoms with Gasteiger partial charge in [-0.15, -0.1) is 0 Å². The average molecular weight is 353 g/mol. The first kappa shape index (κ1) is 16.7. The van der Waals surface area contributed by atoms with Crippen LogP contribution in [0.25, 0.3) is 0 Å². The van der Waals surface area contributed by atoms with Crippen molar-refractivity contribution in [1.82, 2.24) is 9.88 Å². The van der Waals surface area contributed by atoms with Crippen LogP contribution in [-0.4, -0.2) is 55.7 Å². The Labute approximate surface area is 153 Å². The van der Waals surface area contributed by atoms with Crippen molar-refractivity contribution in [2.45, 2.75) is 6.42 Å². The molecule has 1 saturated heterocycles. The van der Waals surface area contributed by atoms with Crippen molar-refractivity contribution in [3.8, 4) is 11.5 Å². The number of rotatable bonds is 3. The Hall–Kier alpha value is -2.76. The quantitative estimate of drug-likeness (QED) is 0.845. The van der Waals surface area contributed by atoms with Gasteiger partial charge in [-0.3, -0.25) is 9.78 Å². The minimum atomic E-state index is -0.108. The molecule has 0 aliphatic carbocycles. The van der Waals surface area contributed by atoms with Gasteiger partial charge in [0.2, 0.25) is 5.91 Å². The molecule has 1 atom stereocenters. The molecule has 2 aliphatic rings. The monoisotopic (exact) mass is 353 g/mol. The van der Waals surface area contributed by atoms with E-state index >= 15 is 0 Å². The standard InChI is InChI=1S/C20H23N3O3/c1-25-18-3-2-15-12-16(14-26-19(15)13-18)20(24)23-10-8-22(9-11-23)17-4-6-21-7-5-17/h2-7,13,16H,8-12,14H2,1H3/t16-/m0/s1. The van der Waals surface area contributed by atoms with Crippen LogP contribution >= 0.6 is 0 Å². The Morgan fingerprint density at radius 2 is 1.92 bits per heavy atom. The number of ether oxygens (including phenoxy) is 2. The molecular formula is C20H23N3O3. The third kappa shape index (κ3) is 3.31. The zero-order valence-corrected chi connectivity index (χ0v) is 14.9. The van der Waals surface area contributed by atoms with Crippen LogP contribution in [0.15, 0.2) is 42.7 Å². The highest BCUT2D eigenvalue weighted by atomic mass is 16.5. The number of piperazine rings is 1. The summed E-state index contributed by atoms with van der Waals surface area (Å²) in [7, 11) is 1.64. The summed E-state index contributed by atoms with van der Waals surface area (Å²) in [4.78, 5) is 21.3. The topological polar surface area (TPSA) is 54.9 Å². The normalized spacial score (nSPS) is 19.5.